The van der Waals surface area contributed by atoms with E-state index in [-0.39, 0.29) is 12.0 Å². The molecule has 1 heterocycles. The van der Waals surface area contributed by atoms with Crippen LogP contribution in [0.5, 0.6) is 0 Å². The molecule has 6 nitrogen and oxygen atoms in total. The molecule has 0 aliphatic heterocycles. The van der Waals surface area contributed by atoms with E-state index in [2.05, 4.69) is 32.9 Å². The van der Waals surface area contributed by atoms with E-state index in [1.165, 1.54) is 5.56 Å². The Labute approximate surface area is 153 Å². The number of carbonyl (C=O) groups is 1. The third-order valence-corrected chi connectivity index (χ3v) is 4.52. The van der Waals surface area contributed by atoms with Gasteiger partial charge in [0.2, 0.25) is 0 Å². The Morgan fingerprint density at radius 2 is 2.23 bits per heavy atom. The van der Waals surface area contributed by atoms with Crippen LogP contribution in [0.25, 0.3) is 0 Å². The number of nitrogens with zero attached hydrogens (tertiary/aromatic N) is 3. The lowest BCUT2D eigenvalue weighted by molar-refractivity contribution is -0.143. The van der Waals surface area contributed by atoms with Crippen molar-refractivity contribution in [2.24, 2.45) is 5.16 Å². The maximum Gasteiger partial charge on any atom is 0.305 e. The molecule has 1 aromatic heterocycles. The summed E-state index contributed by atoms with van der Waals surface area (Å²) in [4.78, 5) is 21.1. The van der Waals surface area contributed by atoms with Crippen molar-refractivity contribution in [3.05, 3.63) is 54.1 Å². The summed E-state index contributed by atoms with van der Waals surface area (Å²) >= 11 is 0. The van der Waals surface area contributed by atoms with E-state index in [0.29, 0.717) is 19.6 Å². The van der Waals surface area contributed by atoms with Crippen molar-refractivity contribution in [2.45, 2.75) is 45.1 Å². The molecule has 138 valence electrons. The molecule has 0 radical (unpaired) electrons. The first-order chi connectivity index (χ1) is 12.8. The van der Waals surface area contributed by atoms with Crippen LogP contribution in [0.2, 0.25) is 0 Å². The van der Waals surface area contributed by atoms with Gasteiger partial charge < -0.3 is 14.1 Å². The summed E-state index contributed by atoms with van der Waals surface area (Å²) in [5.74, 6) is -0.153. The van der Waals surface area contributed by atoms with E-state index < -0.39 is 0 Å². The van der Waals surface area contributed by atoms with Crippen molar-refractivity contribution in [1.29, 1.82) is 0 Å². The van der Waals surface area contributed by atoms with Crippen LogP contribution in [0.1, 0.15) is 49.8 Å². The number of hydrogen-bond acceptors (Lipinski definition) is 5. The van der Waals surface area contributed by atoms with Gasteiger partial charge in [-0.05, 0) is 38.2 Å². The Morgan fingerprint density at radius 1 is 1.35 bits per heavy atom. The Hall–Kier alpha value is -2.63. The molecule has 0 N–H and O–H groups in total. The molecule has 26 heavy (non-hydrogen) atoms. The smallest absolute Gasteiger partial charge is 0.305 e. The number of oxime groups is 1. The summed E-state index contributed by atoms with van der Waals surface area (Å²) < 4.78 is 7.00. The molecule has 1 aliphatic carbocycles. The van der Waals surface area contributed by atoms with E-state index in [1.54, 1.807) is 6.20 Å². The van der Waals surface area contributed by atoms with Crippen molar-refractivity contribution in [3.63, 3.8) is 0 Å². The molecule has 1 aromatic carbocycles. The third-order valence-electron chi connectivity index (χ3n) is 4.52. The van der Waals surface area contributed by atoms with Gasteiger partial charge in [-0.1, -0.05) is 29.4 Å². The van der Waals surface area contributed by atoms with E-state index in [0.717, 1.165) is 37.0 Å². The van der Waals surface area contributed by atoms with Crippen LogP contribution in [0.3, 0.4) is 0 Å². The monoisotopic (exact) mass is 355 g/mol. The minimum absolute atomic E-state index is 0.131. The van der Waals surface area contributed by atoms with Crippen LogP contribution in [0, 0.1) is 0 Å². The van der Waals surface area contributed by atoms with Gasteiger partial charge in [0.1, 0.15) is 12.3 Å². The van der Waals surface area contributed by atoms with Crippen LogP contribution in [0.15, 0.2) is 48.1 Å². The van der Waals surface area contributed by atoms with Crippen molar-refractivity contribution < 1.29 is 14.4 Å². The first-order valence-electron chi connectivity index (χ1n) is 9.20. The highest BCUT2D eigenvalue weighted by Crippen LogP contribution is 2.29. The molecular formula is C20H25N3O3. The number of benzene rings is 1. The molecule has 0 spiro atoms. The summed E-state index contributed by atoms with van der Waals surface area (Å²) in [6.07, 6.45) is 9.50. The topological polar surface area (TPSA) is 65.7 Å². The second-order valence-electron chi connectivity index (χ2n) is 6.29. The highest BCUT2D eigenvalue weighted by atomic mass is 16.6. The number of ether oxygens (including phenoxy) is 1. The van der Waals surface area contributed by atoms with E-state index >= 15 is 0 Å². The lowest BCUT2D eigenvalue weighted by Gasteiger charge is -2.27. The van der Waals surface area contributed by atoms with Crippen molar-refractivity contribution in [3.8, 4) is 0 Å². The Balaban J connectivity index is 1.62. The molecule has 1 aliphatic rings. The molecule has 3 rings (SSSR count). The average molecular weight is 355 g/mol. The number of carbonyl (C=O) groups excluding carboxylic acids is 1. The fourth-order valence-corrected chi connectivity index (χ4v) is 3.24. The van der Waals surface area contributed by atoms with E-state index in [1.807, 2.05) is 25.5 Å². The molecule has 6 heteroatoms. The van der Waals surface area contributed by atoms with Gasteiger partial charge in [-0.25, -0.2) is 4.98 Å². The second kappa shape index (κ2) is 9.17. The number of rotatable bonds is 8. The first kappa shape index (κ1) is 18.2. The molecule has 0 saturated carbocycles. The minimum Gasteiger partial charge on any atom is -0.466 e. The van der Waals surface area contributed by atoms with Gasteiger partial charge >= 0.3 is 5.97 Å². The maximum absolute atomic E-state index is 11.3. The number of hydrogen-bond donors (Lipinski definition) is 0. The fraction of sp³-hybridized carbons (Fsp3) is 0.450. The molecule has 0 fully saturated rings. The van der Waals surface area contributed by atoms with Crippen molar-refractivity contribution >= 4 is 11.7 Å². The molecule has 1 unspecified atom stereocenters. The van der Waals surface area contributed by atoms with E-state index in [4.69, 9.17) is 9.57 Å². The summed E-state index contributed by atoms with van der Waals surface area (Å²) in [5.41, 5.74) is 3.38. The van der Waals surface area contributed by atoms with E-state index in [9.17, 15) is 4.79 Å². The van der Waals surface area contributed by atoms with Crippen molar-refractivity contribution in [1.82, 2.24) is 9.55 Å². The van der Waals surface area contributed by atoms with Crippen LogP contribution in [-0.4, -0.2) is 34.4 Å². The summed E-state index contributed by atoms with van der Waals surface area (Å²) in [5, 5.41) is 4.47. The number of fused-ring (bicyclic) bond motifs is 1. The SMILES string of the molecule is CCOC(=O)CCCCON=C1c2ccccc2CCC1n1ccnc1. The normalized spacial score (nSPS) is 17.7. The predicted molar refractivity (Wildman–Crippen MR) is 99.0 cm³/mol. The number of esters is 1. The predicted octanol–water partition coefficient (Wildman–Crippen LogP) is 3.52. The summed E-state index contributed by atoms with van der Waals surface area (Å²) in [7, 11) is 0. The van der Waals surface area contributed by atoms with Gasteiger partial charge in [0.25, 0.3) is 0 Å². The maximum atomic E-state index is 11.3. The molecular weight excluding hydrogens is 330 g/mol. The highest BCUT2D eigenvalue weighted by molar-refractivity contribution is 6.05. The zero-order valence-electron chi connectivity index (χ0n) is 15.1. The average Bonchev–Trinajstić information content (AvgIpc) is 3.19. The highest BCUT2D eigenvalue weighted by Gasteiger charge is 2.27. The van der Waals surface area contributed by atoms with Gasteiger partial charge in [0.15, 0.2) is 0 Å². The summed E-state index contributed by atoms with van der Waals surface area (Å²) in [6, 6.07) is 8.47. The van der Waals surface area contributed by atoms with Gasteiger partial charge in [-0.2, -0.15) is 0 Å². The molecule has 2 aromatic rings. The zero-order chi connectivity index (χ0) is 18.2. The molecule has 0 saturated heterocycles. The molecule has 1 atom stereocenters. The number of aryl methyl sites for hydroxylation is 1. The van der Waals surface area contributed by atoms with Gasteiger partial charge in [0.05, 0.1) is 19.0 Å². The summed E-state index contributed by atoms with van der Waals surface area (Å²) in [6.45, 7) is 2.73. The molecule has 0 amide bonds. The van der Waals surface area contributed by atoms with Crippen molar-refractivity contribution in [2.75, 3.05) is 13.2 Å². The lowest BCUT2D eigenvalue weighted by atomic mass is 9.86. The van der Waals surface area contributed by atoms with Crippen LogP contribution < -0.4 is 0 Å². The Bertz CT molecular complexity index is 741. The number of unbranched alkanes of at least 4 members (excludes halogenated alkanes) is 1. The second-order valence-corrected chi connectivity index (χ2v) is 6.29. The minimum atomic E-state index is -0.153. The lowest BCUT2D eigenvalue weighted by Crippen LogP contribution is -2.26. The van der Waals surface area contributed by atoms with Crippen LogP contribution in [0.4, 0.5) is 0 Å². The van der Waals surface area contributed by atoms with Crippen LogP contribution in [-0.2, 0) is 20.8 Å². The number of aromatic nitrogens is 2. The molecule has 0 bridgehead atoms. The quantitative estimate of drug-likeness (QED) is 0.413. The standard InChI is InChI=1S/C20H25N3O3/c1-2-25-19(24)9-5-6-14-26-22-20-17-8-4-3-7-16(17)10-11-18(20)23-13-12-21-15-23/h3-4,7-8,12-13,15,18H,2,5-6,9-11,14H2,1H3. The van der Waals surface area contributed by atoms with Gasteiger partial charge in [-0.3, -0.25) is 4.79 Å². The zero-order valence-corrected chi connectivity index (χ0v) is 15.1. The Kier molecular flexibility index (Phi) is 6.41. The third kappa shape index (κ3) is 4.50. The first-order valence-corrected chi connectivity index (χ1v) is 9.20. The van der Waals surface area contributed by atoms with Gasteiger partial charge in [0, 0.05) is 24.4 Å². The number of imidazole rings is 1. The Morgan fingerprint density at radius 3 is 3.04 bits per heavy atom. The fourth-order valence-electron chi connectivity index (χ4n) is 3.24. The largest absolute Gasteiger partial charge is 0.466 e. The van der Waals surface area contributed by atoms with Crippen LogP contribution >= 0.6 is 0 Å². The van der Waals surface area contributed by atoms with Gasteiger partial charge in [-0.15, -0.1) is 0 Å².